The van der Waals surface area contributed by atoms with Crippen molar-refractivity contribution < 1.29 is 19.7 Å². The molecule has 7 atom stereocenters. The number of methoxy groups -OCH3 is 1. The lowest BCUT2D eigenvalue weighted by molar-refractivity contribution is -0.214. The maximum absolute atomic E-state index is 12.9. The summed E-state index contributed by atoms with van der Waals surface area (Å²) in [5.74, 6) is 1.05. The van der Waals surface area contributed by atoms with Crippen molar-refractivity contribution in [1.82, 2.24) is 0 Å². The maximum atomic E-state index is 12.9. The van der Waals surface area contributed by atoms with Gasteiger partial charge in [-0.15, -0.1) is 0 Å². The summed E-state index contributed by atoms with van der Waals surface area (Å²) >= 11 is 0. The van der Waals surface area contributed by atoms with Gasteiger partial charge in [-0.3, -0.25) is 4.79 Å². The Morgan fingerprint density at radius 2 is 1.56 bits per heavy atom. The number of fused-ring (bicyclic) bond motifs is 7. The van der Waals surface area contributed by atoms with Gasteiger partial charge in [-0.2, -0.15) is 0 Å². The topological polar surface area (TPSA) is 66.8 Å². The first-order valence-electron chi connectivity index (χ1n) is 13.4. The van der Waals surface area contributed by atoms with Crippen LogP contribution in [0.5, 0.6) is 11.5 Å². The van der Waals surface area contributed by atoms with E-state index in [9.17, 15) is 15.0 Å². The quantitative estimate of drug-likeness (QED) is 0.351. The van der Waals surface area contributed by atoms with Crippen LogP contribution in [0.3, 0.4) is 0 Å². The normalized spacial score (nSPS) is 45.4. The third-order valence-corrected chi connectivity index (χ3v) is 12.4. The SMILES string of the molecule is COC(=O)[C@]1(C)CC[C@]2(C)CC[C@]3(C)[C@H]4CCc5c(cc(O)c(O)c5C)[C@]4(C)CC[C@@]3(C)C2C1. The third-order valence-electron chi connectivity index (χ3n) is 12.4. The molecule has 5 rings (SSSR count). The molecule has 0 bridgehead atoms. The molecule has 3 saturated carbocycles. The zero-order chi connectivity index (χ0) is 24.9. The number of carbonyl (C=O) groups is 1. The summed E-state index contributed by atoms with van der Waals surface area (Å²) in [6, 6.07) is 1.87. The van der Waals surface area contributed by atoms with E-state index in [-0.39, 0.29) is 44.5 Å². The first kappa shape index (κ1) is 24.0. The summed E-state index contributed by atoms with van der Waals surface area (Å²) in [5.41, 5.74) is 3.57. The second-order valence-corrected chi connectivity index (χ2v) is 13.7. The van der Waals surface area contributed by atoms with Crippen LogP contribution in [0.2, 0.25) is 0 Å². The Labute approximate surface area is 205 Å². The van der Waals surface area contributed by atoms with Crippen LogP contribution in [0.25, 0.3) is 0 Å². The number of phenols is 2. The third kappa shape index (κ3) is 2.80. The molecule has 2 N–H and O–H groups in total. The molecule has 0 heterocycles. The highest BCUT2D eigenvalue weighted by Crippen LogP contribution is 2.75. The van der Waals surface area contributed by atoms with Crippen LogP contribution in [0, 0.1) is 40.4 Å². The Morgan fingerprint density at radius 3 is 2.24 bits per heavy atom. The monoisotopic (exact) mass is 468 g/mol. The lowest BCUT2D eigenvalue weighted by Gasteiger charge is -2.72. The molecule has 4 nitrogen and oxygen atoms in total. The molecule has 0 radical (unpaired) electrons. The van der Waals surface area contributed by atoms with E-state index < -0.39 is 0 Å². The molecule has 0 spiro atoms. The molecule has 0 saturated heterocycles. The number of benzene rings is 1. The van der Waals surface area contributed by atoms with E-state index in [0.29, 0.717) is 11.8 Å². The van der Waals surface area contributed by atoms with Crippen molar-refractivity contribution in [1.29, 1.82) is 0 Å². The van der Waals surface area contributed by atoms with Crippen LogP contribution < -0.4 is 0 Å². The number of ether oxygens (including phenoxy) is 1. The Balaban J connectivity index is 1.59. The van der Waals surface area contributed by atoms with Crippen LogP contribution in [-0.2, 0) is 21.4 Å². The van der Waals surface area contributed by atoms with E-state index in [1.165, 1.54) is 31.1 Å². The van der Waals surface area contributed by atoms with Crippen LogP contribution in [0.15, 0.2) is 6.07 Å². The fourth-order valence-electron chi connectivity index (χ4n) is 9.83. The summed E-state index contributed by atoms with van der Waals surface area (Å²) in [6.07, 6.45) is 9.71. The average Bonchev–Trinajstić information content (AvgIpc) is 2.80. The molecule has 0 aromatic heterocycles. The van der Waals surface area contributed by atoms with E-state index >= 15 is 0 Å². The van der Waals surface area contributed by atoms with Crippen molar-refractivity contribution in [2.24, 2.45) is 33.5 Å². The Bertz CT molecular complexity index is 1050. The van der Waals surface area contributed by atoms with Gasteiger partial charge in [-0.25, -0.2) is 0 Å². The number of aromatic hydroxyl groups is 2. The fourth-order valence-corrected chi connectivity index (χ4v) is 9.83. The van der Waals surface area contributed by atoms with E-state index in [4.69, 9.17) is 4.74 Å². The van der Waals surface area contributed by atoms with E-state index in [1.807, 2.05) is 13.0 Å². The van der Waals surface area contributed by atoms with Gasteiger partial charge in [0.15, 0.2) is 11.5 Å². The Kier molecular flexibility index (Phi) is 5.06. The van der Waals surface area contributed by atoms with Gasteiger partial charge >= 0.3 is 5.97 Å². The van der Waals surface area contributed by atoms with Crippen LogP contribution in [0.1, 0.15) is 103 Å². The number of carbonyl (C=O) groups excluding carboxylic acids is 1. The molecule has 1 unspecified atom stereocenters. The molecule has 0 amide bonds. The predicted molar refractivity (Wildman–Crippen MR) is 134 cm³/mol. The molecule has 4 aliphatic carbocycles. The van der Waals surface area contributed by atoms with Crippen molar-refractivity contribution in [2.75, 3.05) is 7.11 Å². The lowest BCUT2D eigenvalue weighted by atomic mass is 9.32. The molecule has 4 aliphatic rings. The number of esters is 1. The molecule has 1 aromatic carbocycles. The van der Waals surface area contributed by atoms with E-state index in [2.05, 4.69) is 34.6 Å². The van der Waals surface area contributed by atoms with Crippen molar-refractivity contribution in [3.05, 3.63) is 22.8 Å². The van der Waals surface area contributed by atoms with Gasteiger partial charge in [-0.1, -0.05) is 27.7 Å². The van der Waals surface area contributed by atoms with E-state index in [0.717, 1.165) is 50.5 Å². The molecule has 4 heteroatoms. The van der Waals surface area contributed by atoms with Gasteiger partial charge in [0.25, 0.3) is 0 Å². The van der Waals surface area contributed by atoms with E-state index in [1.54, 1.807) is 0 Å². The summed E-state index contributed by atoms with van der Waals surface area (Å²) in [4.78, 5) is 12.9. The van der Waals surface area contributed by atoms with Crippen LogP contribution in [-0.4, -0.2) is 23.3 Å². The smallest absolute Gasteiger partial charge is 0.311 e. The first-order chi connectivity index (χ1) is 15.8. The van der Waals surface area contributed by atoms with Crippen molar-refractivity contribution in [2.45, 2.75) is 105 Å². The standard InChI is InChI=1S/C30H44O4/c1-18-19-8-9-22-28(4,20(19)16-21(31)24(18)32)13-15-30(6)23-17-27(3,25(33)34-7)11-10-26(23,2)12-14-29(22,30)5/h16,22-23,31-32H,8-15,17H2,1-7H3/t22-,23?,26+,27+,28-,29+,30-/m0/s1. The van der Waals surface area contributed by atoms with Crippen molar-refractivity contribution in [3.63, 3.8) is 0 Å². The second-order valence-electron chi connectivity index (χ2n) is 13.7. The minimum absolute atomic E-state index is 0.00809. The highest BCUT2D eigenvalue weighted by atomic mass is 16.5. The Hall–Kier alpha value is -1.71. The summed E-state index contributed by atoms with van der Waals surface area (Å²) < 4.78 is 5.29. The first-order valence-corrected chi connectivity index (χ1v) is 13.4. The average molecular weight is 469 g/mol. The highest BCUT2D eigenvalue weighted by molar-refractivity contribution is 5.76. The summed E-state index contributed by atoms with van der Waals surface area (Å²) in [5, 5.41) is 20.9. The largest absolute Gasteiger partial charge is 0.504 e. The number of phenolic OH excluding ortho intramolecular Hbond substituents is 2. The summed E-state index contributed by atoms with van der Waals surface area (Å²) in [6.45, 7) is 14.1. The number of hydrogen-bond donors (Lipinski definition) is 2. The fraction of sp³-hybridized carbons (Fsp3) is 0.767. The lowest BCUT2D eigenvalue weighted by Crippen LogP contribution is -2.65. The molecule has 3 fully saturated rings. The minimum atomic E-state index is -0.388. The minimum Gasteiger partial charge on any atom is -0.504 e. The van der Waals surface area contributed by atoms with Gasteiger partial charge in [0.1, 0.15) is 0 Å². The van der Waals surface area contributed by atoms with Crippen LogP contribution >= 0.6 is 0 Å². The highest BCUT2D eigenvalue weighted by Gasteiger charge is 2.68. The second kappa shape index (κ2) is 7.17. The Morgan fingerprint density at radius 1 is 0.941 bits per heavy atom. The molecular weight excluding hydrogens is 424 g/mol. The van der Waals surface area contributed by atoms with Gasteiger partial charge in [-0.05, 0) is 128 Å². The molecule has 1 aromatic rings. The van der Waals surface area contributed by atoms with Crippen LogP contribution in [0.4, 0.5) is 0 Å². The van der Waals surface area contributed by atoms with Crippen molar-refractivity contribution >= 4 is 5.97 Å². The zero-order valence-corrected chi connectivity index (χ0v) is 22.3. The zero-order valence-electron chi connectivity index (χ0n) is 22.3. The number of rotatable bonds is 1. The molecule has 0 aliphatic heterocycles. The molecular formula is C30H44O4. The van der Waals surface area contributed by atoms with Gasteiger partial charge in [0, 0.05) is 0 Å². The van der Waals surface area contributed by atoms with Gasteiger partial charge < -0.3 is 14.9 Å². The summed E-state index contributed by atoms with van der Waals surface area (Å²) in [7, 11) is 1.54. The van der Waals surface area contributed by atoms with Gasteiger partial charge in [0.2, 0.25) is 0 Å². The predicted octanol–water partition coefficient (Wildman–Crippen LogP) is 6.81. The maximum Gasteiger partial charge on any atom is 0.311 e. The van der Waals surface area contributed by atoms with Gasteiger partial charge in [0.05, 0.1) is 12.5 Å². The number of hydrogen-bond acceptors (Lipinski definition) is 4. The molecule has 34 heavy (non-hydrogen) atoms. The van der Waals surface area contributed by atoms with Crippen molar-refractivity contribution in [3.8, 4) is 11.5 Å². The molecule has 188 valence electrons.